The molecule has 0 aromatic heterocycles. The Kier molecular flexibility index (Phi) is 2.87. The van der Waals surface area contributed by atoms with Crippen LogP contribution in [0.25, 0.3) is 0 Å². The Morgan fingerprint density at radius 1 is 1.50 bits per heavy atom. The molecule has 0 saturated carbocycles. The summed E-state index contributed by atoms with van der Waals surface area (Å²) < 4.78 is 1.33. The molecule has 0 saturated heterocycles. The normalized spacial score (nSPS) is 25.6. The van der Waals surface area contributed by atoms with Crippen molar-refractivity contribution in [3.05, 3.63) is 10.7 Å². The number of hydrogen-bond acceptors (Lipinski definition) is 1. The van der Waals surface area contributed by atoms with E-state index in [9.17, 15) is 0 Å². The highest BCUT2D eigenvalue weighted by Crippen LogP contribution is 2.29. The van der Waals surface area contributed by atoms with Crippen molar-refractivity contribution in [2.24, 2.45) is 0 Å². The van der Waals surface area contributed by atoms with Crippen LogP contribution in [0, 0.1) is 0 Å². The Bertz CT molecular complexity index is 191. The SMILES string of the molecule is CC1CCC(Br)=CN1C(C)(C)C. The van der Waals surface area contributed by atoms with Gasteiger partial charge in [0.1, 0.15) is 0 Å². The van der Waals surface area contributed by atoms with Gasteiger partial charge in [-0.05, 0) is 40.5 Å². The molecular weight excluding hydrogens is 214 g/mol. The molecule has 1 aliphatic rings. The second-order valence-corrected chi connectivity index (χ2v) is 5.56. The molecule has 0 aliphatic carbocycles. The number of rotatable bonds is 0. The van der Waals surface area contributed by atoms with Crippen molar-refractivity contribution in [3.63, 3.8) is 0 Å². The minimum atomic E-state index is 0.249. The summed E-state index contributed by atoms with van der Waals surface area (Å²) in [5, 5.41) is 0. The van der Waals surface area contributed by atoms with E-state index in [0.717, 1.165) is 0 Å². The second kappa shape index (κ2) is 3.41. The fourth-order valence-electron chi connectivity index (χ4n) is 1.68. The summed E-state index contributed by atoms with van der Waals surface area (Å²) in [5.74, 6) is 0. The van der Waals surface area contributed by atoms with Crippen LogP contribution in [0.2, 0.25) is 0 Å². The summed E-state index contributed by atoms with van der Waals surface area (Å²) in [4.78, 5) is 2.43. The number of hydrogen-bond donors (Lipinski definition) is 0. The standard InChI is InChI=1S/C10H18BrN/c1-8-5-6-9(11)7-12(8)10(2,3)4/h7-8H,5-6H2,1-4H3. The molecule has 1 atom stereocenters. The fraction of sp³-hybridized carbons (Fsp3) is 0.800. The van der Waals surface area contributed by atoms with Gasteiger partial charge in [0.15, 0.2) is 0 Å². The third-order valence-electron chi connectivity index (χ3n) is 2.33. The topological polar surface area (TPSA) is 3.24 Å². The molecule has 0 aromatic rings. The van der Waals surface area contributed by atoms with Crippen LogP contribution in [0.15, 0.2) is 10.7 Å². The zero-order chi connectivity index (χ0) is 9.35. The zero-order valence-electron chi connectivity index (χ0n) is 8.39. The minimum absolute atomic E-state index is 0.249. The quantitative estimate of drug-likeness (QED) is 0.617. The van der Waals surface area contributed by atoms with Gasteiger partial charge in [0.25, 0.3) is 0 Å². The summed E-state index contributed by atoms with van der Waals surface area (Å²) >= 11 is 3.57. The molecule has 0 bridgehead atoms. The molecular formula is C10H18BrN. The molecule has 1 heterocycles. The largest absolute Gasteiger partial charge is 0.369 e. The van der Waals surface area contributed by atoms with Crippen molar-refractivity contribution in [1.29, 1.82) is 0 Å². The lowest BCUT2D eigenvalue weighted by Crippen LogP contribution is -2.44. The number of halogens is 1. The summed E-state index contributed by atoms with van der Waals surface area (Å²) in [6, 6.07) is 0.672. The van der Waals surface area contributed by atoms with Gasteiger partial charge in [-0.3, -0.25) is 0 Å². The molecule has 1 rings (SSSR count). The molecule has 12 heavy (non-hydrogen) atoms. The third kappa shape index (κ3) is 2.25. The van der Waals surface area contributed by atoms with Crippen LogP contribution in [0.5, 0.6) is 0 Å². The molecule has 0 N–H and O–H groups in total. The molecule has 1 unspecified atom stereocenters. The van der Waals surface area contributed by atoms with E-state index in [4.69, 9.17) is 0 Å². The summed E-state index contributed by atoms with van der Waals surface area (Å²) in [6.45, 7) is 9.06. The van der Waals surface area contributed by atoms with Crippen molar-refractivity contribution in [2.75, 3.05) is 0 Å². The molecule has 2 heteroatoms. The maximum absolute atomic E-state index is 3.57. The van der Waals surface area contributed by atoms with Crippen LogP contribution in [0.1, 0.15) is 40.5 Å². The van der Waals surface area contributed by atoms with Gasteiger partial charge in [0, 0.05) is 22.3 Å². The predicted octanol–water partition coefficient (Wildman–Crippen LogP) is 3.51. The lowest BCUT2D eigenvalue weighted by Gasteiger charge is -2.42. The predicted molar refractivity (Wildman–Crippen MR) is 57.3 cm³/mol. The first kappa shape index (κ1) is 10.1. The fourth-order valence-corrected chi connectivity index (χ4v) is 2.13. The Morgan fingerprint density at radius 3 is 2.50 bits per heavy atom. The highest BCUT2D eigenvalue weighted by molar-refractivity contribution is 9.11. The maximum Gasteiger partial charge on any atom is 0.0315 e. The van der Waals surface area contributed by atoms with Gasteiger partial charge in [0.05, 0.1) is 0 Å². The molecule has 0 amide bonds. The first-order valence-electron chi connectivity index (χ1n) is 4.56. The summed E-state index contributed by atoms with van der Waals surface area (Å²) in [5.41, 5.74) is 0.249. The van der Waals surface area contributed by atoms with Crippen molar-refractivity contribution in [3.8, 4) is 0 Å². The van der Waals surface area contributed by atoms with Crippen LogP contribution in [0.4, 0.5) is 0 Å². The Morgan fingerprint density at radius 2 is 2.08 bits per heavy atom. The Balaban J connectivity index is 2.80. The van der Waals surface area contributed by atoms with Crippen molar-refractivity contribution in [1.82, 2.24) is 4.90 Å². The van der Waals surface area contributed by atoms with Crippen molar-refractivity contribution >= 4 is 15.9 Å². The highest BCUT2D eigenvalue weighted by Gasteiger charge is 2.26. The van der Waals surface area contributed by atoms with Gasteiger partial charge in [-0.1, -0.05) is 15.9 Å². The average Bonchev–Trinajstić information content (AvgIpc) is 1.92. The van der Waals surface area contributed by atoms with Crippen LogP contribution in [0.3, 0.4) is 0 Å². The first-order chi connectivity index (χ1) is 5.41. The van der Waals surface area contributed by atoms with Gasteiger partial charge < -0.3 is 4.90 Å². The molecule has 0 spiro atoms. The second-order valence-electron chi connectivity index (χ2n) is 4.54. The van der Waals surface area contributed by atoms with E-state index in [-0.39, 0.29) is 5.54 Å². The van der Waals surface area contributed by atoms with Crippen LogP contribution in [-0.2, 0) is 0 Å². The molecule has 1 aliphatic heterocycles. The zero-order valence-corrected chi connectivity index (χ0v) is 9.98. The molecule has 0 aromatic carbocycles. The highest BCUT2D eigenvalue weighted by atomic mass is 79.9. The van der Waals surface area contributed by atoms with E-state index < -0.39 is 0 Å². The monoisotopic (exact) mass is 231 g/mol. The maximum atomic E-state index is 3.57. The van der Waals surface area contributed by atoms with E-state index in [0.29, 0.717) is 6.04 Å². The summed E-state index contributed by atoms with van der Waals surface area (Å²) in [6.07, 6.45) is 4.69. The average molecular weight is 232 g/mol. The van der Waals surface area contributed by atoms with Gasteiger partial charge in [-0.15, -0.1) is 0 Å². The molecule has 0 radical (unpaired) electrons. The number of nitrogens with zero attached hydrogens (tertiary/aromatic N) is 1. The van der Waals surface area contributed by atoms with Crippen molar-refractivity contribution in [2.45, 2.75) is 52.1 Å². The number of allylic oxidation sites excluding steroid dienone is 1. The third-order valence-corrected chi connectivity index (χ3v) is 2.93. The molecule has 70 valence electrons. The van der Waals surface area contributed by atoms with Crippen LogP contribution in [-0.4, -0.2) is 16.5 Å². The molecule has 0 fully saturated rings. The van der Waals surface area contributed by atoms with Gasteiger partial charge in [-0.2, -0.15) is 0 Å². The van der Waals surface area contributed by atoms with Crippen LogP contribution >= 0.6 is 15.9 Å². The van der Waals surface area contributed by atoms with E-state index in [1.807, 2.05) is 0 Å². The van der Waals surface area contributed by atoms with Crippen molar-refractivity contribution < 1.29 is 0 Å². The van der Waals surface area contributed by atoms with Gasteiger partial charge >= 0.3 is 0 Å². The van der Waals surface area contributed by atoms with E-state index in [1.54, 1.807) is 0 Å². The van der Waals surface area contributed by atoms with E-state index >= 15 is 0 Å². The lowest BCUT2D eigenvalue weighted by atomic mass is 9.99. The Hall–Kier alpha value is 0.0200. The van der Waals surface area contributed by atoms with Gasteiger partial charge in [-0.25, -0.2) is 0 Å². The smallest absolute Gasteiger partial charge is 0.0315 e. The molecule has 1 nitrogen and oxygen atoms in total. The lowest BCUT2D eigenvalue weighted by molar-refractivity contribution is 0.140. The van der Waals surface area contributed by atoms with Gasteiger partial charge in [0.2, 0.25) is 0 Å². The summed E-state index contributed by atoms with van der Waals surface area (Å²) in [7, 11) is 0. The van der Waals surface area contributed by atoms with E-state index in [2.05, 4.69) is 54.7 Å². The van der Waals surface area contributed by atoms with E-state index in [1.165, 1.54) is 17.3 Å². The first-order valence-corrected chi connectivity index (χ1v) is 5.35. The van der Waals surface area contributed by atoms with Crippen LogP contribution < -0.4 is 0 Å². The Labute approximate surface area is 84.0 Å². The minimum Gasteiger partial charge on any atom is -0.369 e.